The molecule has 5 atom stereocenters. The monoisotopic (exact) mass is 338 g/mol. The number of hydrogen-bond donors (Lipinski definition) is 3. The van der Waals surface area contributed by atoms with Gasteiger partial charge in [0.25, 0.3) is 0 Å². The standard InChI is InChI=1S/C20H34O4/c1-14(11-18(23)24)7-9-19(3)15(2)8-10-20(13-22)16(12-21)5-4-6-17(19)20/h5,14-15,17,21-22H,4,6-13H2,1-3H3,(H,23,24)/t14-,15+,17-,19-,20+/m1/s1. The normalized spacial score (nSPS) is 37.5. The van der Waals surface area contributed by atoms with Crippen LogP contribution in [0.1, 0.15) is 65.7 Å². The smallest absolute Gasteiger partial charge is 0.303 e. The first kappa shape index (κ1) is 19.5. The van der Waals surface area contributed by atoms with Gasteiger partial charge in [-0.1, -0.05) is 26.8 Å². The summed E-state index contributed by atoms with van der Waals surface area (Å²) in [6.45, 7) is 6.80. The van der Waals surface area contributed by atoms with Crippen molar-refractivity contribution in [2.75, 3.05) is 13.2 Å². The Bertz CT molecular complexity index is 486. The van der Waals surface area contributed by atoms with E-state index in [4.69, 9.17) is 5.11 Å². The van der Waals surface area contributed by atoms with E-state index < -0.39 is 5.97 Å². The maximum absolute atomic E-state index is 10.9. The van der Waals surface area contributed by atoms with Gasteiger partial charge in [0.15, 0.2) is 0 Å². The van der Waals surface area contributed by atoms with Gasteiger partial charge in [-0.2, -0.15) is 0 Å². The van der Waals surface area contributed by atoms with Gasteiger partial charge in [-0.25, -0.2) is 0 Å². The number of aliphatic carboxylic acids is 1. The average Bonchev–Trinajstić information content (AvgIpc) is 2.55. The third kappa shape index (κ3) is 3.41. The van der Waals surface area contributed by atoms with Crippen molar-refractivity contribution in [3.05, 3.63) is 11.6 Å². The van der Waals surface area contributed by atoms with Crippen molar-refractivity contribution in [2.45, 2.75) is 65.7 Å². The molecule has 2 rings (SSSR count). The summed E-state index contributed by atoms with van der Waals surface area (Å²) in [5.74, 6) is 0.366. The maximum atomic E-state index is 10.9. The van der Waals surface area contributed by atoms with Crippen LogP contribution in [-0.4, -0.2) is 34.5 Å². The van der Waals surface area contributed by atoms with Crippen LogP contribution < -0.4 is 0 Å². The summed E-state index contributed by atoms with van der Waals surface area (Å²) < 4.78 is 0. The van der Waals surface area contributed by atoms with Crippen LogP contribution >= 0.6 is 0 Å². The molecule has 0 bridgehead atoms. The second kappa shape index (κ2) is 7.57. The van der Waals surface area contributed by atoms with Crippen molar-refractivity contribution in [3.8, 4) is 0 Å². The Morgan fingerprint density at radius 2 is 2.08 bits per heavy atom. The van der Waals surface area contributed by atoms with Crippen molar-refractivity contribution in [3.63, 3.8) is 0 Å². The molecule has 0 heterocycles. The molecule has 1 saturated carbocycles. The van der Waals surface area contributed by atoms with Crippen LogP contribution in [0, 0.1) is 28.6 Å². The fourth-order valence-electron chi connectivity index (χ4n) is 5.46. The molecule has 0 aromatic heterocycles. The second-order valence-electron chi connectivity index (χ2n) is 8.52. The van der Waals surface area contributed by atoms with Crippen molar-refractivity contribution in [1.82, 2.24) is 0 Å². The summed E-state index contributed by atoms with van der Waals surface area (Å²) in [6, 6.07) is 0. The zero-order chi connectivity index (χ0) is 18.0. The molecule has 0 aromatic carbocycles. The summed E-state index contributed by atoms with van der Waals surface area (Å²) in [7, 11) is 0. The van der Waals surface area contributed by atoms with Gasteiger partial charge in [-0.05, 0) is 67.3 Å². The molecule has 0 unspecified atom stereocenters. The predicted octanol–water partition coefficient (Wildman–Crippen LogP) is 3.62. The molecule has 24 heavy (non-hydrogen) atoms. The Hall–Kier alpha value is -0.870. The Morgan fingerprint density at radius 1 is 1.38 bits per heavy atom. The van der Waals surface area contributed by atoms with Crippen LogP contribution in [0.2, 0.25) is 0 Å². The lowest BCUT2D eigenvalue weighted by molar-refractivity contribution is -0.138. The van der Waals surface area contributed by atoms with Crippen LogP contribution in [-0.2, 0) is 4.79 Å². The topological polar surface area (TPSA) is 77.8 Å². The van der Waals surface area contributed by atoms with Crippen LogP contribution in [0.25, 0.3) is 0 Å². The highest BCUT2D eigenvalue weighted by Crippen LogP contribution is 2.61. The minimum absolute atomic E-state index is 0.0386. The van der Waals surface area contributed by atoms with Gasteiger partial charge < -0.3 is 15.3 Å². The second-order valence-corrected chi connectivity index (χ2v) is 8.52. The van der Waals surface area contributed by atoms with E-state index >= 15 is 0 Å². The van der Waals surface area contributed by atoms with Crippen LogP contribution in [0.15, 0.2) is 11.6 Å². The van der Waals surface area contributed by atoms with Gasteiger partial charge in [-0.3, -0.25) is 4.79 Å². The number of carboxylic acids is 1. The molecule has 4 nitrogen and oxygen atoms in total. The lowest BCUT2D eigenvalue weighted by atomic mass is 9.46. The first-order chi connectivity index (χ1) is 11.3. The summed E-state index contributed by atoms with van der Waals surface area (Å²) >= 11 is 0. The average molecular weight is 338 g/mol. The molecule has 0 aliphatic heterocycles. The first-order valence-corrected chi connectivity index (χ1v) is 9.43. The SMILES string of the molecule is C[C@H](CC[C@]1(C)[C@@H](C)CC[C@]2(CO)C(CO)=CCC[C@@H]21)CC(=O)O. The highest BCUT2D eigenvalue weighted by Gasteiger charge is 2.55. The highest BCUT2D eigenvalue weighted by molar-refractivity contribution is 5.66. The first-order valence-electron chi connectivity index (χ1n) is 9.43. The minimum Gasteiger partial charge on any atom is -0.481 e. The maximum Gasteiger partial charge on any atom is 0.303 e. The van der Waals surface area contributed by atoms with Crippen molar-refractivity contribution >= 4 is 5.97 Å². The van der Waals surface area contributed by atoms with E-state index in [0.717, 1.165) is 44.1 Å². The number of allylic oxidation sites excluding steroid dienone is 1. The summed E-state index contributed by atoms with van der Waals surface area (Å²) in [5.41, 5.74) is 0.838. The molecule has 0 amide bonds. The minimum atomic E-state index is -0.725. The molecule has 0 aromatic rings. The Labute approximate surface area is 146 Å². The van der Waals surface area contributed by atoms with E-state index in [1.807, 2.05) is 6.92 Å². The Kier molecular flexibility index (Phi) is 6.14. The molecule has 0 spiro atoms. The number of aliphatic hydroxyl groups is 2. The third-order valence-corrected chi connectivity index (χ3v) is 7.25. The van der Waals surface area contributed by atoms with Crippen LogP contribution in [0.3, 0.4) is 0 Å². The molecule has 3 N–H and O–H groups in total. The van der Waals surface area contributed by atoms with Gasteiger partial charge in [0, 0.05) is 11.8 Å². The molecule has 0 radical (unpaired) electrons. The zero-order valence-electron chi connectivity index (χ0n) is 15.4. The fourth-order valence-corrected chi connectivity index (χ4v) is 5.46. The number of rotatable bonds is 7. The van der Waals surface area contributed by atoms with Crippen molar-refractivity contribution in [2.24, 2.45) is 28.6 Å². The van der Waals surface area contributed by atoms with E-state index in [2.05, 4.69) is 19.9 Å². The number of carboxylic acid groups (broad SMARTS) is 1. The van der Waals surface area contributed by atoms with Crippen LogP contribution in [0.4, 0.5) is 0 Å². The predicted molar refractivity (Wildman–Crippen MR) is 94.6 cm³/mol. The number of aliphatic hydroxyl groups excluding tert-OH is 2. The molecule has 1 fully saturated rings. The molecule has 2 aliphatic carbocycles. The van der Waals surface area contributed by atoms with Crippen LogP contribution in [0.5, 0.6) is 0 Å². The van der Waals surface area contributed by atoms with Gasteiger partial charge in [-0.15, -0.1) is 0 Å². The van der Waals surface area contributed by atoms with Crippen molar-refractivity contribution in [1.29, 1.82) is 0 Å². The van der Waals surface area contributed by atoms with Crippen molar-refractivity contribution < 1.29 is 20.1 Å². The zero-order valence-corrected chi connectivity index (χ0v) is 15.4. The van der Waals surface area contributed by atoms with E-state index in [-0.39, 0.29) is 36.4 Å². The highest BCUT2D eigenvalue weighted by atomic mass is 16.4. The summed E-state index contributed by atoms with van der Waals surface area (Å²) in [4.78, 5) is 10.9. The van der Waals surface area contributed by atoms with Gasteiger partial charge in [0.05, 0.1) is 13.2 Å². The number of hydrogen-bond acceptors (Lipinski definition) is 3. The van der Waals surface area contributed by atoms with E-state index in [1.54, 1.807) is 0 Å². The van der Waals surface area contributed by atoms with E-state index in [9.17, 15) is 15.0 Å². The molecular formula is C20H34O4. The lowest BCUT2D eigenvalue weighted by Gasteiger charge is -2.59. The molecule has 4 heteroatoms. The molecule has 0 saturated heterocycles. The third-order valence-electron chi connectivity index (χ3n) is 7.25. The Morgan fingerprint density at radius 3 is 2.67 bits per heavy atom. The number of fused-ring (bicyclic) bond motifs is 1. The Balaban J connectivity index is 2.23. The summed E-state index contributed by atoms with van der Waals surface area (Å²) in [6.07, 6.45) is 8.28. The summed E-state index contributed by atoms with van der Waals surface area (Å²) in [5, 5.41) is 29.1. The van der Waals surface area contributed by atoms with Gasteiger partial charge in [0.1, 0.15) is 0 Å². The fraction of sp³-hybridized carbons (Fsp3) is 0.850. The molecule has 2 aliphatic rings. The molecule has 138 valence electrons. The van der Waals surface area contributed by atoms with E-state index in [1.165, 1.54) is 0 Å². The van der Waals surface area contributed by atoms with Gasteiger partial charge >= 0.3 is 5.97 Å². The number of carbonyl (C=O) groups is 1. The molecular weight excluding hydrogens is 304 g/mol. The van der Waals surface area contributed by atoms with E-state index in [0.29, 0.717) is 11.8 Å². The quantitative estimate of drug-likeness (QED) is 0.620. The lowest BCUT2D eigenvalue weighted by Crippen LogP contribution is -2.53. The largest absolute Gasteiger partial charge is 0.481 e. The van der Waals surface area contributed by atoms with Gasteiger partial charge in [0.2, 0.25) is 0 Å².